The van der Waals surface area contributed by atoms with Crippen LogP contribution < -0.4 is 5.73 Å². The van der Waals surface area contributed by atoms with Crippen molar-refractivity contribution < 1.29 is 8.78 Å². The summed E-state index contributed by atoms with van der Waals surface area (Å²) in [5, 5.41) is 4.11. The summed E-state index contributed by atoms with van der Waals surface area (Å²) in [6, 6.07) is 2.95. The molecule has 1 aromatic carbocycles. The van der Waals surface area contributed by atoms with Gasteiger partial charge in [-0.1, -0.05) is 19.9 Å². The molecule has 0 amide bonds. The van der Waals surface area contributed by atoms with Crippen LogP contribution in [0.1, 0.15) is 31.3 Å². The van der Waals surface area contributed by atoms with Gasteiger partial charge in [0, 0.05) is 24.6 Å². The van der Waals surface area contributed by atoms with Gasteiger partial charge in [0.15, 0.2) is 0 Å². The second-order valence-corrected chi connectivity index (χ2v) is 5.20. The topological polar surface area (TPSA) is 56.7 Å². The first-order valence-electron chi connectivity index (χ1n) is 6.55. The van der Waals surface area contributed by atoms with Gasteiger partial charge in [0.05, 0.1) is 0 Å². The van der Waals surface area contributed by atoms with E-state index in [0.717, 1.165) is 0 Å². The summed E-state index contributed by atoms with van der Waals surface area (Å²) < 4.78 is 29.1. The van der Waals surface area contributed by atoms with Crippen LogP contribution in [0.25, 0.3) is 0 Å². The van der Waals surface area contributed by atoms with Crippen LogP contribution in [0.4, 0.5) is 8.78 Å². The fraction of sp³-hybridized carbons (Fsp3) is 0.429. The van der Waals surface area contributed by atoms with Gasteiger partial charge >= 0.3 is 0 Å². The molecule has 0 fully saturated rings. The van der Waals surface area contributed by atoms with Gasteiger partial charge in [-0.2, -0.15) is 5.10 Å². The van der Waals surface area contributed by atoms with Crippen LogP contribution in [0.5, 0.6) is 0 Å². The van der Waals surface area contributed by atoms with Crippen LogP contribution in [0.3, 0.4) is 0 Å². The molecule has 0 spiro atoms. The predicted octanol–water partition coefficient (Wildman–Crippen LogP) is 2.45. The SMILES string of the molecule is CC(C)Cn1ncnc1CC(N)c1c(F)cccc1F. The van der Waals surface area contributed by atoms with Gasteiger partial charge in [-0.25, -0.2) is 18.4 Å². The summed E-state index contributed by atoms with van der Waals surface area (Å²) in [4.78, 5) is 4.12. The number of benzene rings is 1. The summed E-state index contributed by atoms with van der Waals surface area (Å²) in [6.07, 6.45) is 1.67. The molecule has 4 nitrogen and oxygen atoms in total. The van der Waals surface area contributed by atoms with Crippen LogP contribution in [-0.4, -0.2) is 14.8 Å². The van der Waals surface area contributed by atoms with Crippen molar-refractivity contribution in [3.63, 3.8) is 0 Å². The summed E-state index contributed by atoms with van der Waals surface area (Å²) in [7, 11) is 0. The Labute approximate surface area is 116 Å². The lowest BCUT2D eigenvalue weighted by Gasteiger charge is -2.15. The van der Waals surface area contributed by atoms with E-state index >= 15 is 0 Å². The largest absolute Gasteiger partial charge is 0.323 e. The maximum absolute atomic E-state index is 13.7. The van der Waals surface area contributed by atoms with Crippen molar-refractivity contribution in [3.05, 3.63) is 47.5 Å². The molecule has 1 unspecified atom stereocenters. The number of nitrogens with zero attached hydrogens (tertiary/aromatic N) is 3. The van der Waals surface area contributed by atoms with Gasteiger partial charge in [-0.15, -0.1) is 0 Å². The zero-order valence-corrected chi connectivity index (χ0v) is 11.6. The second kappa shape index (κ2) is 6.09. The Morgan fingerprint density at radius 2 is 1.90 bits per heavy atom. The van der Waals surface area contributed by atoms with Gasteiger partial charge < -0.3 is 5.73 Å². The molecule has 2 N–H and O–H groups in total. The number of aromatic nitrogens is 3. The zero-order chi connectivity index (χ0) is 14.7. The van der Waals surface area contributed by atoms with Crippen molar-refractivity contribution in [1.82, 2.24) is 14.8 Å². The van der Waals surface area contributed by atoms with Crippen molar-refractivity contribution in [2.24, 2.45) is 11.7 Å². The van der Waals surface area contributed by atoms with E-state index in [2.05, 4.69) is 23.9 Å². The van der Waals surface area contributed by atoms with Crippen molar-refractivity contribution in [2.45, 2.75) is 32.9 Å². The van der Waals surface area contributed by atoms with E-state index in [1.807, 2.05) is 0 Å². The third-order valence-electron chi connectivity index (χ3n) is 3.01. The molecule has 2 aromatic rings. The van der Waals surface area contributed by atoms with Crippen LogP contribution in [0.15, 0.2) is 24.5 Å². The van der Waals surface area contributed by atoms with Crippen LogP contribution in [-0.2, 0) is 13.0 Å². The lowest BCUT2D eigenvalue weighted by Crippen LogP contribution is -2.20. The molecule has 2 rings (SSSR count). The maximum Gasteiger partial charge on any atom is 0.138 e. The molecular weight excluding hydrogens is 262 g/mol. The van der Waals surface area contributed by atoms with Gasteiger partial charge in [0.1, 0.15) is 23.8 Å². The lowest BCUT2D eigenvalue weighted by molar-refractivity contribution is 0.453. The minimum absolute atomic E-state index is 0.105. The van der Waals surface area contributed by atoms with Gasteiger partial charge in [-0.3, -0.25) is 0 Å². The number of hydrogen-bond acceptors (Lipinski definition) is 3. The predicted molar refractivity (Wildman–Crippen MR) is 71.9 cm³/mol. The third kappa shape index (κ3) is 3.19. The fourth-order valence-electron chi connectivity index (χ4n) is 2.11. The molecule has 0 aliphatic rings. The van der Waals surface area contributed by atoms with Gasteiger partial charge in [0.2, 0.25) is 0 Å². The molecule has 108 valence electrons. The van der Waals surface area contributed by atoms with Crippen molar-refractivity contribution in [2.75, 3.05) is 0 Å². The maximum atomic E-state index is 13.7. The quantitative estimate of drug-likeness (QED) is 0.915. The summed E-state index contributed by atoms with van der Waals surface area (Å²) in [5.41, 5.74) is 5.82. The van der Waals surface area contributed by atoms with Crippen LogP contribution in [0, 0.1) is 17.6 Å². The first kappa shape index (κ1) is 14.6. The van der Waals surface area contributed by atoms with E-state index in [9.17, 15) is 8.78 Å². The molecule has 0 aliphatic carbocycles. The first-order chi connectivity index (χ1) is 9.49. The molecule has 1 atom stereocenters. The second-order valence-electron chi connectivity index (χ2n) is 5.20. The summed E-state index contributed by atoms with van der Waals surface area (Å²) in [6.45, 7) is 4.81. The molecule has 0 aliphatic heterocycles. The minimum atomic E-state index is -0.786. The van der Waals surface area contributed by atoms with E-state index < -0.39 is 17.7 Å². The van der Waals surface area contributed by atoms with Crippen molar-refractivity contribution >= 4 is 0 Å². The van der Waals surface area contributed by atoms with Crippen LogP contribution >= 0.6 is 0 Å². The Balaban J connectivity index is 2.20. The molecule has 0 saturated carbocycles. The average molecular weight is 280 g/mol. The Morgan fingerprint density at radius 1 is 1.25 bits per heavy atom. The number of rotatable bonds is 5. The van der Waals surface area contributed by atoms with E-state index in [1.165, 1.54) is 24.5 Å². The highest BCUT2D eigenvalue weighted by Gasteiger charge is 2.19. The Bertz CT molecular complexity index is 560. The average Bonchev–Trinajstić information content (AvgIpc) is 2.75. The standard InChI is InChI=1S/C14H18F2N4/c1-9(2)7-20-13(18-8-19-20)6-12(17)14-10(15)4-3-5-11(14)16/h3-5,8-9,12H,6-7,17H2,1-2H3. The first-order valence-corrected chi connectivity index (χ1v) is 6.55. The molecule has 1 aromatic heterocycles. The van der Waals surface area contributed by atoms with E-state index in [-0.39, 0.29) is 12.0 Å². The summed E-state index contributed by atoms with van der Waals surface area (Å²) in [5.74, 6) is -0.231. The number of nitrogens with two attached hydrogens (primary N) is 1. The Morgan fingerprint density at radius 3 is 2.50 bits per heavy atom. The van der Waals surface area contributed by atoms with Gasteiger partial charge in [-0.05, 0) is 18.1 Å². The van der Waals surface area contributed by atoms with Crippen LogP contribution in [0.2, 0.25) is 0 Å². The zero-order valence-electron chi connectivity index (χ0n) is 11.6. The monoisotopic (exact) mass is 280 g/mol. The number of hydrogen-bond donors (Lipinski definition) is 1. The minimum Gasteiger partial charge on any atom is -0.323 e. The molecule has 0 saturated heterocycles. The summed E-state index contributed by atoms with van der Waals surface area (Å²) >= 11 is 0. The Hall–Kier alpha value is -1.82. The van der Waals surface area contributed by atoms with E-state index in [4.69, 9.17) is 5.73 Å². The Kier molecular flexibility index (Phi) is 4.44. The smallest absolute Gasteiger partial charge is 0.138 e. The highest BCUT2D eigenvalue weighted by atomic mass is 19.1. The van der Waals surface area contributed by atoms with Crippen molar-refractivity contribution in [3.8, 4) is 0 Å². The number of halogens is 2. The fourth-order valence-corrected chi connectivity index (χ4v) is 2.11. The third-order valence-corrected chi connectivity index (χ3v) is 3.01. The molecule has 0 radical (unpaired) electrons. The highest BCUT2D eigenvalue weighted by molar-refractivity contribution is 5.23. The molecular formula is C14H18F2N4. The normalized spacial score (nSPS) is 12.9. The lowest BCUT2D eigenvalue weighted by atomic mass is 10.0. The van der Waals surface area contributed by atoms with E-state index in [0.29, 0.717) is 18.3 Å². The molecule has 6 heteroatoms. The van der Waals surface area contributed by atoms with E-state index in [1.54, 1.807) is 4.68 Å². The molecule has 1 heterocycles. The van der Waals surface area contributed by atoms with Gasteiger partial charge in [0.25, 0.3) is 0 Å². The van der Waals surface area contributed by atoms with Crippen molar-refractivity contribution in [1.29, 1.82) is 0 Å². The molecule has 20 heavy (non-hydrogen) atoms. The highest BCUT2D eigenvalue weighted by Crippen LogP contribution is 2.21. The molecule has 0 bridgehead atoms.